The Hall–Kier alpha value is -2.57. The Bertz CT molecular complexity index is 1070. The predicted octanol–water partition coefficient (Wildman–Crippen LogP) is 3.98. The van der Waals surface area contributed by atoms with E-state index in [1.54, 1.807) is 0 Å². The Balaban J connectivity index is 1.50. The van der Waals surface area contributed by atoms with Crippen LogP contribution in [0.3, 0.4) is 0 Å². The van der Waals surface area contributed by atoms with Gasteiger partial charge in [0.1, 0.15) is 17.1 Å². The van der Waals surface area contributed by atoms with Crippen LogP contribution in [0.4, 0.5) is 0 Å². The van der Waals surface area contributed by atoms with Gasteiger partial charge in [0, 0.05) is 18.1 Å². The minimum Gasteiger partial charge on any atom is -0.492 e. The smallest absolute Gasteiger partial charge is 0.255 e. The van der Waals surface area contributed by atoms with E-state index < -0.39 is 5.54 Å². The number of para-hydroxylation sites is 1. The maximum Gasteiger partial charge on any atom is 0.255 e. The Morgan fingerprint density at radius 3 is 3.00 bits per heavy atom. The molecule has 2 aliphatic rings. The maximum absolute atomic E-state index is 13.3. The van der Waals surface area contributed by atoms with Crippen LogP contribution in [0.5, 0.6) is 5.75 Å². The summed E-state index contributed by atoms with van der Waals surface area (Å²) in [7, 11) is 0. The fourth-order valence-electron chi connectivity index (χ4n) is 4.13. The molecule has 0 spiro atoms. The lowest BCUT2D eigenvalue weighted by Crippen LogP contribution is -2.47. The van der Waals surface area contributed by atoms with Gasteiger partial charge >= 0.3 is 0 Å². The van der Waals surface area contributed by atoms with Gasteiger partial charge in [-0.2, -0.15) is 0 Å². The number of hydrogen-bond acceptors (Lipinski definition) is 4. The van der Waals surface area contributed by atoms with Gasteiger partial charge in [-0.05, 0) is 49.1 Å². The molecule has 1 atom stereocenters. The molecular weight excluding hydrogens is 390 g/mol. The van der Waals surface area contributed by atoms with Crippen molar-refractivity contribution in [2.75, 3.05) is 19.8 Å². The van der Waals surface area contributed by atoms with Crippen molar-refractivity contribution in [3.8, 4) is 5.75 Å². The van der Waals surface area contributed by atoms with Gasteiger partial charge in [-0.1, -0.05) is 23.7 Å². The fraction of sp³-hybridized carbons (Fsp3) is 0.364. The molecule has 1 fully saturated rings. The number of carbonyl (C=O) groups excluding carboxylic acids is 1. The van der Waals surface area contributed by atoms with Crippen molar-refractivity contribution in [1.82, 2.24) is 15.3 Å². The lowest BCUT2D eigenvalue weighted by molar-refractivity contribution is 0.0865. The van der Waals surface area contributed by atoms with Crippen molar-refractivity contribution < 1.29 is 14.3 Å². The average Bonchev–Trinajstić information content (AvgIpc) is 3.28. The second kappa shape index (κ2) is 7.35. The van der Waals surface area contributed by atoms with Crippen molar-refractivity contribution in [3.63, 3.8) is 0 Å². The van der Waals surface area contributed by atoms with Crippen molar-refractivity contribution >= 4 is 28.5 Å². The Morgan fingerprint density at radius 1 is 1.21 bits per heavy atom. The highest BCUT2D eigenvalue weighted by atomic mass is 35.5. The molecule has 2 aliphatic heterocycles. The van der Waals surface area contributed by atoms with Gasteiger partial charge < -0.3 is 19.8 Å². The summed E-state index contributed by atoms with van der Waals surface area (Å²) < 4.78 is 11.6. The van der Waals surface area contributed by atoms with Gasteiger partial charge in [0.15, 0.2) is 0 Å². The third kappa shape index (κ3) is 3.36. The molecule has 1 unspecified atom stereocenters. The Kier molecular flexibility index (Phi) is 4.68. The van der Waals surface area contributed by atoms with Gasteiger partial charge in [-0.15, -0.1) is 0 Å². The molecule has 150 valence electrons. The molecule has 1 amide bonds. The van der Waals surface area contributed by atoms with Crippen LogP contribution in [0.25, 0.3) is 11.0 Å². The van der Waals surface area contributed by atoms with Crippen LogP contribution in [0.1, 0.15) is 41.0 Å². The minimum absolute atomic E-state index is 0.173. The van der Waals surface area contributed by atoms with Gasteiger partial charge in [-0.25, -0.2) is 4.98 Å². The normalized spacial score (nSPS) is 21.4. The molecular formula is C22H22ClN3O3. The molecule has 0 saturated carbocycles. The first-order valence-corrected chi connectivity index (χ1v) is 10.3. The quantitative estimate of drug-likeness (QED) is 0.683. The number of benzene rings is 2. The SMILES string of the molecule is O=C(NC1(c2nc3ccc(Cl)cc3[nH]2)CCOC1)c1cccc2c1OCCCC2. The standard InChI is InChI=1S/C22H22ClN3O3/c23-15-7-8-17-18(12-15)25-21(24-17)22(9-11-28-13-22)26-20(27)16-6-3-5-14-4-1-2-10-29-19(14)16/h3,5-8,12H,1-2,4,9-11,13H2,(H,24,25)(H,26,27). The first kappa shape index (κ1) is 18.5. The molecule has 0 radical (unpaired) electrons. The summed E-state index contributed by atoms with van der Waals surface area (Å²) in [6, 6.07) is 11.3. The molecule has 3 aromatic rings. The second-order valence-electron chi connectivity index (χ2n) is 7.69. The zero-order valence-electron chi connectivity index (χ0n) is 16.0. The molecule has 29 heavy (non-hydrogen) atoms. The lowest BCUT2D eigenvalue weighted by Gasteiger charge is -2.27. The van der Waals surface area contributed by atoms with Crippen LogP contribution in [-0.4, -0.2) is 35.7 Å². The third-order valence-electron chi connectivity index (χ3n) is 5.70. The molecule has 3 heterocycles. The summed E-state index contributed by atoms with van der Waals surface area (Å²) in [6.07, 6.45) is 3.63. The summed E-state index contributed by atoms with van der Waals surface area (Å²) in [5.74, 6) is 1.21. The monoisotopic (exact) mass is 411 g/mol. The van der Waals surface area contributed by atoms with Gasteiger partial charge in [-0.3, -0.25) is 4.79 Å². The number of imidazole rings is 1. The van der Waals surface area contributed by atoms with Gasteiger partial charge in [0.25, 0.3) is 5.91 Å². The number of nitrogens with one attached hydrogen (secondary N) is 2. The summed E-state index contributed by atoms with van der Waals surface area (Å²) in [5, 5.41) is 3.84. The van der Waals surface area contributed by atoms with Crippen LogP contribution in [0.15, 0.2) is 36.4 Å². The number of hydrogen-bond donors (Lipinski definition) is 2. The molecule has 5 rings (SSSR count). The van der Waals surface area contributed by atoms with E-state index in [2.05, 4.69) is 10.3 Å². The lowest BCUT2D eigenvalue weighted by atomic mass is 9.96. The summed E-state index contributed by atoms with van der Waals surface area (Å²) in [5.41, 5.74) is 2.59. The molecule has 6 nitrogen and oxygen atoms in total. The maximum atomic E-state index is 13.3. The highest BCUT2D eigenvalue weighted by Crippen LogP contribution is 2.33. The highest BCUT2D eigenvalue weighted by molar-refractivity contribution is 6.31. The summed E-state index contributed by atoms with van der Waals surface area (Å²) in [6.45, 7) is 1.56. The van der Waals surface area contributed by atoms with E-state index in [0.717, 1.165) is 35.9 Å². The van der Waals surface area contributed by atoms with E-state index in [1.807, 2.05) is 36.4 Å². The second-order valence-corrected chi connectivity index (χ2v) is 8.12. The van der Waals surface area contributed by atoms with Crippen molar-refractivity contribution in [1.29, 1.82) is 0 Å². The molecule has 1 aromatic heterocycles. The molecule has 2 N–H and O–H groups in total. The van der Waals surface area contributed by atoms with E-state index in [1.165, 1.54) is 0 Å². The third-order valence-corrected chi connectivity index (χ3v) is 5.93. The number of nitrogens with zero attached hydrogens (tertiary/aromatic N) is 1. The van der Waals surface area contributed by atoms with E-state index in [9.17, 15) is 4.79 Å². The van der Waals surface area contributed by atoms with Crippen LogP contribution >= 0.6 is 11.6 Å². The molecule has 7 heteroatoms. The molecule has 2 aromatic carbocycles. The first-order valence-electron chi connectivity index (χ1n) is 9.95. The number of halogens is 1. The molecule has 0 bridgehead atoms. The topological polar surface area (TPSA) is 76.2 Å². The number of ether oxygens (including phenoxy) is 2. The number of H-pyrrole nitrogens is 1. The van der Waals surface area contributed by atoms with E-state index in [-0.39, 0.29) is 5.91 Å². The number of rotatable bonds is 3. The van der Waals surface area contributed by atoms with Crippen molar-refractivity contribution in [3.05, 3.63) is 58.4 Å². The van der Waals surface area contributed by atoms with Gasteiger partial charge in [0.2, 0.25) is 0 Å². The van der Waals surface area contributed by atoms with Gasteiger partial charge in [0.05, 0.1) is 29.8 Å². The summed E-state index contributed by atoms with van der Waals surface area (Å²) >= 11 is 6.11. The van der Waals surface area contributed by atoms with Crippen LogP contribution in [0.2, 0.25) is 5.02 Å². The van der Waals surface area contributed by atoms with Crippen molar-refractivity contribution in [2.45, 2.75) is 31.2 Å². The largest absolute Gasteiger partial charge is 0.492 e. The number of fused-ring (bicyclic) bond motifs is 2. The number of amides is 1. The predicted molar refractivity (Wildman–Crippen MR) is 111 cm³/mol. The molecule has 0 aliphatic carbocycles. The molecule has 1 saturated heterocycles. The summed E-state index contributed by atoms with van der Waals surface area (Å²) in [4.78, 5) is 21.4. The zero-order valence-corrected chi connectivity index (χ0v) is 16.7. The number of aromatic amines is 1. The van der Waals surface area contributed by atoms with Crippen LogP contribution < -0.4 is 10.1 Å². The van der Waals surface area contributed by atoms with Crippen LogP contribution in [0, 0.1) is 0 Å². The Labute approximate surface area is 173 Å². The first-order chi connectivity index (χ1) is 14.1. The van der Waals surface area contributed by atoms with E-state index in [0.29, 0.717) is 48.4 Å². The number of aromatic nitrogens is 2. The number of aryl methyl sites for hydroxylation is 1. The minimum atomic E-state index is -0.712. The zero-order chi connectivity index (χ0) is 19.8. The fourth-order valence-corrected chi connectivity index (χ4v) is 4.30. The number of carbonyl (C=O) groups is 1. The van der Waals surface area contributed by atoms with Crippen LogP contribution in [-0.2, 0) is 16.7 Å². The van der Waals surface area contributed by atoms with E-state index in [4.69, 9.17) is 26.1 Å². The van der Waals surface area contributed by atoms with E-state index >= 15 is 0 Å². The van der Waals surface area contributed by atoms with Crippen molar-refractivity contribution in [2.24, 2.45) is 0 Å². The Morgan fingerprint density at radius 2 is 2.14 bits per heavy atom. The average molecular weight is 412 g/mol. The highest BCUT2D eigenvalue weighted by Gasteiger charge is 2.41.